The van der Waals surface area contributed by atoms with Crippen molar-refractivity contribution in [1.29, 1.82) is 0 Å². The minimum Gasteiger partial charge on any atom is -0.497 e. The molecule has 6 nitrogen and oxygen atoms in total. The van der Waals surface area contributed by atoms with Crippen molar-refractivity contribution in [2.24, 2.45) is 5.73 Å². The summed E-state index contributed by atoms with van der Waals surface area (Å²) in [6, 6.07) is 6.69. The molecule has 3 N–H and O–H groups in total. The van der Waals surface area contributed by atoms with Crippen molar-refractivity contribution in [3.05, 3.63) is 24.3 Å². The Labute approximate surface area is 119 Å². The van der Waals surface area contributed by atoms with E-state index in [1.807, 2.05) is 0 Å². The van der Waals surface area contributed by atoms with E-state index < -0.39 is 27.0 Å². The normalized spacial score (nSPS) is 12.0. The number of nitrogens with one attached hydrogen (secondary N) is 1. The lowest BCUT2D eigenvalue weighted by molar-refractivity contribution is -0.113. The fraction of sp³-hybridized carbons (Fsp3) is 0.462. The maximum atomic E-state index is 11.8. The van der Waals surface area contributed by atoms with Crippen molar-refractivity contribution in [2.45, 2.75) is 19.4 Å². The summed E-state index contributed by atoms with van der Waals surface area (Å²) in [7, 11) is -2.03. The Balaban J connectivity index is 2.68. The van der Waals surface area contributed by atoms with Gasteiger partial charge in [-0.25, -0.2) is 8.42 Å². The number of sulfone groups is 1. The van der Waals surface area contributed by atoms with Crippen molar-refractivity contribution in [2.75, 3.05) is 23.9 Å². The van der Waals surface area contributed by atoms with Crippen LogP contribution in [0.25, 0.3) is 0 Å². The molecule has 0 saturated carbocycles. The number of hydrogen-bond donors (Lipinski definition) is 2. The molecule has 20 heavy (non-hydrogen) atoms. The first-order valence-corrected chi connectivity index (χ1v) is 7.87. The van der Waals surface area contributed by atoms with E-state index in [0.717, 1.165) is 0 Å². The van der Waals surface area contributed by atoms with Crippen LogP contribution in [0, 0.1) is 0 Å². The summed E-state index contributed by atoms with van der Waals surface area (Å²) < 4.78 is 28.6. The topological polar surface area (TPSA) is 98.5 Å². The summed E-state index contributed by atoms with van der Waals surface area (Å²) >= 11 is 0. The average Bonchev–Trinajstić information content (AvgIpc) is 2.24. The lowest BCUT2D eigenvalue weighted by Crippen LogP contribution is -2.42. The van der Waals surface area contributed by atoms with Gasteiger partial charge in [-0.2, -0.15) is 0 Å². The highest BCUT2D eigenvalue weighted by Crippen LogP contribution is 2.16. The maximum Gasteiger partial charge on any atom is 0.239 e. The quantitative estimate of drug-likeness (QED) is 0.809. The van der Waals surface area contributed by atoms with Gasteiger partial charge in [0.15, 0.2) is 9.84 Å². The van der Waals surface area contributed by atoms with Gasteiger partial charge in [0.05, 0.1) is 12.9 Å². The third-order valence-corrected chi connectivity index (χ3v) is 4.18. The number of amides is 1. The van der Waals surface area contributed by atoms with Crippen LogP contribution in [-0.2, 0) is 14.6 Å². The standard InChI is InChI=1S/C13H20N2O4S/c1-13(2,14)9-20(17,18)8-12(16)15-10-5-4-6-11(7-10)19-3/h4-7H,8-9,14H2,1-3H3,(H,15,16). The third kappa shape index (κ3) is 6.03. The maximum absolute atomic E-state index is 11.8. The molecule has 0 atom stereocenters. The van der Waals surface area contributed by atoms with Gasteiger partial charge in [-0.1, -0.05) is 6.07 Å². The monoisotopic (exact) mass is 300 g/mol. The molecular formula is C13H20N2O4S. The highest BCUT2D eigenvalue weighted by Gasteiger charge is 2.24. The predicted molar refractivity (Wildman–Crippen MR) is 78.5 cm³/mol. The van der Waals surface area contributed by atoms with Crippen molar-refractivity contribution < 1.29 is 17.9 Å². The van der Waals surface area contributed by atoms with Crippen LogP contribution >= 0.6 is 0 Å². The van der Waals surface area contributed by atoms with Gasteiger partial charge in [0.25, 0.3) is 0 Å². The molecule has 1 rings (SSSR count). The van der Waals surface area contributed by atoms with Gasteiger partial charge in [0.1, 0.15) is 11.5 Å². The lowest BCUT2D eigenvalue weighted by atomic mass is 10.1. The highest BCUT2D eigenvalue weighted by atomic mass is 32.2. The highest BCUT2D eigenvalue weighted by molar-refractivity contribution is 7.92. The molecule has 0 heterocycles. The summed E-state index contributed by atoms with van der Waals surface area (Å²) in [6.07, 6.45) is 0. The molecule has 0 spiro atoms. The van der Waals surface area contributed by atoms with Gasteiger partial charge >= 0.3 is 0 Å². The molecule has 112 valence electrons. The van der Waals surface area contributed by atoms with Crippen LogP contribution in [0.5, 0.6) is 5.75 Å². The van der Waals surface area contributed by atoms with Gasteiger partial charge in [0.2, 0.25) is 5.91 Å². The average molecular weight is 300 g/mol. The van der Waals surface area contributed by atoms with E-state index in [1.54, 1.807) is 38.1 Å². The van der Waals surface area contributed by atoms with Gasteiger partial charge in [-0.15, -0.1) is 0 Å². The molecule has 0 fully saturated rings. The fourth-order valence-corrected chi connectivity index (χ4v) is 3.42. The first-order valence-electron chi connectivity index (χ1n) is 6.04. The van der Waals surface area contributed by atoms with E-state index in [2.05, 4.69) is 5.32 Å². The number of benzene rings is 1. The number of nitrogens with two attached hydrogens (primary N) is 1. The van der Waals surface area contributed by atoms with Crippen molar-refractivity contribution in [1.82, 2.24) is 0 Å². The molecule has 0 radical (unpaired) electrons. The smallest absolute Gasteiger partial charge is 0.239 e. The summed E-state index contributed by atoms with van der Waals surface area (Å²) in [5.74, 6) is -0.854. The Kier molecular flexibility index (Phi) is 5.13. The van der Waals surface area contributed by atoms with E-state index in [1.165, 1.54) is 7.11 Å². The largest absolute Gasteiger partial charge is 0.497 e. The minimum absolute atomic E-state index is 0.245. The van der Waals surface area contributed by atoms with Crippen LogP contribution < -0.4 is 15.8 Å². The molecule has 1 amide bonds. The molecule has 0 saturated heterocycles. The van der Waals surface area contributed by atoms with Gasteiger partial charge in [0, 0.05) is 17.3 Å². The summed E-state index contributed by atoms with van der Waals surface area (Å²) in [5, 5.41) is 2.52. The molecule has 0 aliphatic carbocycles. The third-order valence-electron chi connectivity index (χ3n) is 2.30. The van der Waals surface area contributed by atoms with E-state index >= 15 is 0 Å². The number of anilines is 1. The second-order valence-corrected chi connectivity index (χ2v) is 7.37. The molecule has 0 aliphatic rings. The summed E-state index contributed by atoms with van der Waals surface area (Å²) in [4.78, 5) is 11.7. The van der Waals surface area contributed by atoms with Gasteiger partial charge in [-0.3, -0.25) is 4.79 Å². The number of carbonyl (C=O) groups excluding carboxylic acids is 1. The molecule has 0 bridgehead atoms. The Hall–Kier alpha value is -1.60. The molecule has 1 aromatic carbocycles. The number of carbonyl (C=O) groups is 1. The zero-order chi connectivity index (χ0) is 15.4. The molecule has 1 aromatic rings. The number of rotatable bonds is 6. The molecule has 0 aliphatic heterocycles. The summed E-state index contributed by atoms with van der Waals surface area (Å²) in [5.41, 5.74) is 5.28. The number of methoxy groups -OCH3 is 1. The fourth-order valence-electron chi connectivity index (χ4n) is 1.72. The van der Waals surface area contributed by atoms with Crippen LogP contribution in [0.4, 0.5) is 5.69 Å². The molecular weight excluding hydrogens is 280 g/mol. The second-order valence-electron chi connectivity index (χ2n) is 5.30. The zero-order valence-corrected chi connectivity index (χ0v) is 12.7. The Morgan fingerprint density at radius 3 is 2.60 bits per heavy atom. The molecule has 7 heteroatoms. The molecule has 0 aromatic heterocycles. The van der Waals surface area contributed by atoms with Crippen LogP contribution in [-0.4, -0.2) is 38.5 Å². The number of hydrogen-bond acceptors (Lipinski definition) is 5. The Morgan fingerprint density at radius 1 is 1.40 bits per heavy atom. The Bertz CT molecular complexity index is 576. The van der Waals surface area contributed by atoms with Crippen molar-refractivity contribution in [3.8, 4) is 5.75 Å². The van der Waals surface area contributed by atoms with Crippen LogP contribution in [0.15, 0.2) is 24.3 Å². The van der Waals surface area contributed by atoms with E-state index in [-0.39, 0.29) is 5.75 Å². The van der Waals surface area contributed by atoms with E-state index in [4.69, 9.17) is 10.5 Å². The van der Waals surface area contributed by atoms with Crippen LogP contribution in [0.3, 0.4) is 0 Å². The predicted octanol–water partition coefficient (Wildman–Crippen LogP) is 0.786. The lowest BCUT2D eigenvalue weighted by Gasteiger charge is -2.17. The first-order chi connectivity index (χ1) is 9.11. The van der Waals surface area contributed by atoms with Gasteiger partial charge < -0.3 is 15.8 Å². The summed E-state index contributed by atoms with van der Waals surface area (Å²) in [6.45, 7) is 3.20. The first kappa shape index (κ1) is 16.5. The van der Waals surface area contributed by atoms with Gasteiger partial charge in [-0.05, 0) is 26.0 Å². The van der Waals surface area contributed by atoms with Crippen LogP contribution in [0.2, 0.25) is 0 Å². The minimum atomic E-state index is -3.54. The van der Waals surface area contributed by atoms with Crippen LogP contribution in [0.1, 0.15) is 13.8 Å². The van der Waals surface area contributed by atoms with Crippen molar-refractivity contribution in [3.63, 3.8) is 0 Å². The van der Waals surface area contributed by atoms with E-state index in [9.17, 15) is 13.2 Å². The molecule has 0 unspecified atom stereocenters. The SMILES string of the molecule is COc1cccc(NC(=O)CS(=O)(=O)CC(C)(C)N)c1. The Morgan fingerprint density at radius 2 is 2.05 bits per heavy atom. The zero-order valence-electron chi connectivity index (χ0n) is 11.8. The number of ether oxygens (including phenoxy) is 1. The van der Waals surface area contributed by atoms with E-state index in [0.29, 0.717) is 11.4 Å². The van der Waals surface area contributed by atoms with Crippen molar-refractivity contribution >= 4 is 21.4 Å². The second kappa shape index (κ2) is 6.23.